The van der Waals surface area contributed by atoms with Crippen molar-refractivity contribution < 1.29 is 19.4 Å². The second kappa shape index (κ2) is 6.34. The summed E-state index contributed by atoms with van der Waals surface area (Å²) in [6.07, 6.45) is 2.11. The monoisotopic (exact) mass is 300 g/mol. The number of aromatic nitrogens is 1. The molecule has 6 nitrogen and oxygen atoms in total. The van der Waals surface area contributed by atoms with Crippen LogP contribution in [0.15, 0.2) is 42.6 Å². The van der Waals surface area contributed by atoms with Crippen LogP contribution in [0.5, 0.6) is 17.2 Å². The van der Waals surface area contributed by atoms with E-state index in [1.807, 2.05) is 24.3 Å². The van der Waals surface area contributed by atoms with Crippen molar-refractivity contribution in [2.75, 3.05) is 11.9 Å². The lowest BCUT2D eigenvalue weighted by Gasteiger charge is -2.26. The Bertz CT molecular complexity index is 675. The maximum absolute atomic E-state index is 11.9. The van der Waals surface area contributed by atoms with Crippen molar-refractivity contribution in [3.63, 3.8) is 0 Å². The Morgan fingerprint density at radius 3 is 2.91 bits per heavy atom. The van der Waals surface area contributed by atoms with Gasteiger partial charge in [0.1, 0.15) is 12.7 Å². The van der Waals surface area contributed by atoms with Gasteiger partial charge >= 0.3 is 0 Å². The molecule has 114 valence electrons. The predicted molar refractivity (Wildman–Crippen MR) is 80.1 cm³/mol. The minimum Gasteiger partial charge on any atom is -0.504 e. The van der Waals surface area contributed by atoms with Gasteiger partial charge in [0.2, 0.25) is 5.91 Å². The fraction of sp³-hybridized carbons (Fsp3) is 0.250. The summed E-state index contributed by atoms with van der Waals surface area (Å²) in [5, 5.41) is 12.1. The number of benzene rings is 1. The van der Waals surface area contributed by atoms with Crippen LogP contribution in [0, 0.1) is 0 Å². The van der Waals surface area contributed by atoms with Crippen molar-refractivity contribution in [1.29, 1.82) is 0 Å². The Morgan fingerprint density at radius 1 is 1.27 bits per heavy atom. The zero-order valence-corrected chi connectivity index (χ0v) is 11.9. The van der Waals surface area contributed by atoms with Gasteiger partial charge in [-0.2, -0.15) is 0 Å². The Balaban J connectivity index is 1.51. The minimum atomic E-state index is -0.226. The van der Waals surface area contributed by atoms with Crippen molar-refractivity contribution in [2.24, 2.45) is 0 Å². The van der Waals surface area contributed by atoms with E-state index in [2.05, 4.69) is 10.3 Å². The minimum absolute atomic E-state index is 0.0537. The first-order chi connectivity index (χ1) is 10.7. The molecule has 3 rings (SSSR count). The summed E-state index contributed by atoms with van der Waals surface area (Å²) in [7, 11) is 0. The SMILES string of the molecule is O=C(CC[C@@H]1COc2ccccc2O1)Nc1ncccc1O. The maximum Gasteiger partial charge on any atom is 0.225 e. The highest BCUT2D eigenvalue weighted by Gasteiger charge is 2.21. The van der Waals surface area contributed by atoms with Gasteiger partial charge in [-0.05, 0) is 30.7 Å². The lowest BCUT2D eigenvalue weighted by atomic mass is 10.1. The number of amides is 1. The molecule has 6 heteroatoms. The highest BCUT2D eigenvalue weighted by Crippen LogP contribution is 2.31. The van der Waals surface area contributed by atoms with Crippen LogP contribution in [-0.2, 0) is 4.79 Å². The van der Waals surface area contributed by atoms with Gasteiger partial charge in [-0.1, -0.05) is 12.1 Å². The number of pyridine rings is 1. The molecule has 1 aliphatic heterocycles. The molecule has 0 spiro atoms. The van der Waals surface area contributed by atoms with Crippen molar-refractivity contribution >= 4 is 11.7 Å². The molecular weight excluding hydrogens is 284 g/mol. The van der Waals surface area contributed by atoms with Crippen LogP contribution in [0.4, 0.5) is 5.82 Å². The van der Waals surface area contributed by atoms with Gasteiger partial charge in [0.05, 0.1) is 0 Å². The number of nitrogens with one attached hydrogen (secondary N) is 1. The van der Waals surface area contributed by atoms with Crippen LogP contribution < -0.4 is 14.8 Å². The topological polar surface area (TPSA) is 80.7 Å². The molecule has 0 saturated heterocycles. The van der Waals surface area contributed by atoms with E-state index < -0.39 is 0 Å². The normalized spacial score (nSPS) is 16.1. The number of carbonyl (C=O) groups excluding carboxylic acids is 1. The lowest BCUT2D eigenvalue weighted by molar-refractivity contribution is -0.116. The number of hydrogen-bond donors (Lipinski definition) is 2. The first-order valence-electron chi connectivity index (χ1n) is 7.04. The van der Waals surface area contributed by atoms with Crippen LogP contribution in [0.1, 0.15) is 12.8 Å². The highest BCUT2D eigenvalue weighted by molar-refractivity contribution is 5.90. The standard InChI is InChI=1S/C16H16N2O4/c19-12-4-3-9-17-16(12)18-15(20)8-7-11-10-21-13-5-1-2-6-14(13)22-11/h1-6,9,11,19H,7-8,10H2,(H,17,18,20)/t11-/m1/s1. The molecule has 1 atom stereocenters. The summed E-state index contributed by atoms with van der Waals surface area (Å²) < 4.78 is 11.4. The Morgan fingerprint density at radius 2 is 2.09 bits per heavy atom. The molecule has 2 heterocycles. The summed E-state index contributed by atoms with van der Waals surface area (Å²) in [6.45, 7) is 0.416. The van der Waals surface area contributed by atoms with Crippen LogP contribution in [0.25, 0.3) is 0 Å². The van der Waals surface area contributed by atoms with Gasteiger partial charge in [-0.15, -0.1) is 0 Å². The van der Waals surface area contributed by atoms with E-state index in [-0.39, 0.29) is 30.0 Å². The Hall–Kier alpha value is -2.76. The van der Waals surface area contributed by atoms with Crippen molar-refractivity contribution in [2.45, 2.75) is 18.9 Å². The fourth-order valence-corrected chi connectivity index (χ4v) is 2.19. The van der Waals surface area contributed by atoms with Gasteiger partial charge in [-0.3, -0.25) is 4.79 Å². The molecule has 0 saturated carbocycles. The predicted octanol–water partition coefficient (Wildman–Crippen LogP) is 2.35. The summed E-state index contributed by atoms with van der Waals surface area (Å²) in [4.78, 5) is 15.8. The molecule has 1 aromatic heterocycles. The molecule has 1 amide bonds. The average Bonchev–Trinajstić information content (AvgIpc) is 2.55. The first-order valence-corrected chi connectivity index (χ1v) is 7.04. The molecule has 1 aromatic carbocycles. The molecule has 0 radical (unpaired) electrons. The highest BCUT2D eigenvalue weighted by atomic mass is 16.6. The average molecular weight is 300 g/mol. The van der Waals surface area contributed by atoms with E-state index in [9.17, 15) is 9.90 Å². The molecule has 2 aromatic rings. The van der Waals surface area contributed by atoms with E-state index in [0.717, 1.165) is 5.75 Å². The summed E-state index contributed by atoms with van der Waals surface area (Å²) in [5.74, 6) is 1.31. The number of hydrogen-bond acceptors (Lipinski definition) is 5. The number of rotatable bonds is 4. The van der Waals surface area contributed by atoms with Crippen LogP contribution >= 0.6 is 0 Å². The van der Waals surface area contributed by atoms with E-state index in [4.69, 9.17) is 9.47 Å². The second-order valence-electron chi connectivity index (χ2n) is 4.96. The van der Waals surface area contributed by atoms with E-state index in [1.54, 1.807) is 6.07 Å². The van der Waals surface area contributed by atoms with Crippen LogP contribution in [0.2, 0.25) is 0 Å². The van der Waals surface area contributed by atoms with Crippen molar-refractivity contribution in [3.8, 4) is 17.2 Å². The number of carbonyl (C=O) groups is 1. The number of nitrogens with zero attached hydrogens (tertiary/aromatic N) is 1. The molecular formula is C16H16N2O4. The Labute approximate surface area is 127 Å². The number of para-hydroxylation sites is 2. The molecule has 0 bridgehead atoms. The molecule has 0 fully saturated rings. The smallest absolute Gasteiger partial charge is 0.225 e. The van der Waals surface area contributed by atoms with E-state index >= 15 is 0 Å². The molecule has 2 N–H and O–H groups in total. The largest absolute Gasteiger partial charge is 0.504 e. The second-order valence-corrected chi connectivity index (χ2v) is 4.96. The van der Waals surface area contributed by atoms with Crippen molar-refractivity contribution in [1.82, 2.24) is 4.98 Å². The molecule has 1 aliphatic rings. The molecule has 0 unspecified atom stereocenters. The fourth-order valence-electron chi connectivity index (χ4n) is 2.19. The molecule has 0 aliphatic carbocycles. The zero-order valence-electron chi connectivity index (χ0n) is 11.9. The number of aromatic hydroxyl groups is 1. The summed E-state index contributed by atoms with van der Waals surface area (Å²) >= 11 is 0. The maximum atomic E-state index is 11.9. The number of ether oxygens (including phenoxy) is 2. The number of anilines is 1. The zero-order chi connectivity index (χ0) is 15.4. The summed E-state index contributed by atoms with van der Waals surface area (Å²) in [5.41, 5.74) is 0. The number of fused-ring (bicyclic) bond motifs is 1. The third kappa shape index (κ3) is 3.28. The summed E-state index contributed by atoms with van der Waals surface area (Å²) in [6, 6.07) is 10.5. The van der Waals surface area contributed by atoms with Crippen LogP contribution in [-0.4, -0.2) is 28.7 Å². The third-order valence-electron chi connectivity index (χ3n) is 3.31. The first kappa shape index (κ1) is 14.2. The third-order valence-corrected chi connectivity index (χ3v) is 3.31. The van der Waals surface area contributed by atoms with Crippen molar-refractivity contribution in [3.05, 3.63) is 42.6 Å². The van der Waals surface area contributed by atoms with Gasteiger partial charge < -0.3 is 19.9 Å². The van der Waals surface area contributed by atoms with Gasteiger partial charge in [0.25, 0.3) is 0 Å². The quantitative estimate of drug-likeness (QED) is 0.906. The van der Waals surface area contributed by atoms with Gasteiger partial charge in [-0.25, -0.2) is 4.98 Å². The van der Waals surface area contributed by atoms with E-state index in [1.165, 1.54) is 12.3 Å². The van der Waals surface area contributed by atoms with Gasteiger partial charge in [0, 0.05) is 12.6 Å². The molecule has 22 heavy (non-hydrogen) atoms. The lowest BCUT2D eigenvalue weighted by Crippen LogP contribution is -2.30. The van der Waals surface area contributed by atoms with E-state index in [0.29, 0.717) is 18.8 Å². The van der Waals surface area contributed by atoms with Crippen LogP contribution in [0.3, 0.4) is 0 Å². The Kier molecular flexibility index (Phi) is 4.09. The van der Waals surface area contributed by atoms with Gasteiger partial charge in [0.15, 0.2) is 23.1 Å².